The molecule has 2 aliphatic carbocycles. The number of aliphatic hydroxyl groups excluding tert-OH is 1. The molecule has 6 heteroatoms. The van der Waals surface area contributed by atoms with Gasteiger partial charge < -0.3 is 5.11 Å². The van der Waals surface area contributed by atoms with Crippen molar-refractivity contribution in [3.05, 3.63) is 0 Å². The summed E-state index contributed by atoms with van der Waals surface area (Å²) in [7, 11) is -3.01. The lowest BCUT2D eigenvalue weighted by molar-refractivity contribution is 0.0167. The minimum Gasteiger partial charge on any atom is -0.396 e. The Labute approximate surface area is 121 Å². The van der Waals surface area contributed by atoms with E-state index in [2.05, 4.69) is 4.90 Å². The third kappa shape index (κ3) is 2.12. The van der Waals surface area contributed by atoms with Gasteiger partial charge in [0.15, 0.2) is 0 Å². The van der Waals surface area contributed by atoms with Crippen LogP contribution >= 0.6 is 0 Å². The summed E-state index contributed by atoms with van der Waals surface area (Å²) in [6.07, 6.45) is 5.29. The standard InChI is InChI=1S/C14H24N2O3S/c17-8-12-5-14(15(7-12)6-11-1-2-11)9-16(10-14)20(18,19)13-3-4-13/h11-13,17H,1-10H2/t12-/m0/s1. The van der Waals surface area contributed by atoms with Crippen molar-refractivity contribution < 1.29 is 13.5 Å². The highest BCUT2D eigenvalue weighted by Gasteiger charge is 2.58. The largest absolute Gasteiger partial charge is 0.396 e. The van der Waals surface area contributed by atoms with E-state index in [4.69, 9.17) is 0 Å². The summed E-state index contributed by atoms with van der Waals surface area (Å²) in [5.74, 6) is 1.15. The number of aliphatic hydroxyl groups is 1. The minimum atomic E-state index is -3.01. The zero-order valence-electron chi connectivity index (χ0n) is 11.9. The van der Waals surface area contributed by atoms with E-state index in [1.807, 2.05) is 0 Å². The molecule has 4 fully saturated rings. The Hall–Kier alpha value is -0.170. The molecule has 1 N–H and O–H groups in total. The van der Waals surface area contributed by atoms with E-state index in [1.54, 1.807) is 4.31 Å². The van der Waals surface area contributed by atoms with E-state index in [-0.39, 0.29) is 17.4 Å². The highest BCUT2D eigenvalue weighted by atomic mass is 32.2. The Balaban J connectivity index is 1.46. The van der Waals surface area contributed by atoms with Crippen LogP contribution in [0.4, 0.5) is 0 Å². The highest BCUT2D eigenvalue weighted by Crippen LogP contribution is 2.46. The first kappa shape index (κ1) is 13.5. The maximum Gasteiger partial charge on any atom is 0.217 e. The van der Waals surface area contributed by atoms with Crippen molar-refractivity contribution in [3.63, 3.8) is 0 Å². The van der Waals surface area contributed by atoms with E-state index < -0.39 is 10.0 Å². The number of hydrogen-bond acceptors (Lipinski definition) is 4. The minimum absolute atomic E-state index is 0.0396. The molecule has 0 aromatic heterocycles. The SMILES string of the molecule is O=S(=O)(C1CC1)N1CC2(C[C@H](CO)CN2CC2CC2)C1. The van der Waals surface area contributed by atoms with Crippen LogP contribution in [-0.2, 0) is 10.0 Å². The molecule has 1 spiro atoms. The van der Waals surface area contributed by atoms with Gasteiger partial charge in [-0.1, -0.05) is 0 Å². The van der Waals surface area contributed by atoms with E-state index in [1.165, 1.54) is 12.8 Å². The summed E-state index contributed by atoms with van der Waals surface area (Å²) >= 11 is 0. The lowest BCUT2D eigenvalue weighted by Gasteiger charge is -2.52. The van der Waals surface area contributed by atoms with Crippen molar-refractivity contribution in [3.8, 4) is 0 Å². The van der Waals surface area contributed by atoms with E-state index in [0.29, 0.717) is 19.0 Å². The van der Waals surface area contributed by atoms with Crippen LogP contribution in [0.15, 0.2) is 0 Å². The van der Waals surface area contributed by atoms with E-state index >= 15 is 0 Å². The van der Waals surface area contributed by atoms with Crippen LogP contribution in [0.3, 0.4) is 0 Å². The lowest BCUT2D eigenvalue weighted by Crippen LogP contribution is -2.69. The van der Waals surface area contributed by atoms with Crippen molar-refractivity contribution >= 4 is 10.0 Å². The second-order valence-electron chi connectivity index (χ2n) is 7.34. The smallest absolute Gasteiger partial charge is 0.217 e. The monoisotopic (exact) mass is 300 g/mol. The maximum absolute atomic E-state index is 12.3. The third-order valence-corrected chi connectivity index (χ3v) is 7.79. The number of sulfonamides is 1. The Morgan fingerprint density at radius 1 is 1.10 bits per heavy atom. The van der Waals surface area contributed by atoms with Crippen LogP contribution < -0.4 is 0 Å². The van der Waals surface area contributed by atoms with Crippen LogP contribution in [0.25, 0.3) is 0 Å². The van der Waals surface area contributed by atoms with Gasteiger partial charge >= 0.3 is 0 Å². The molecule has 2 heterocycles. The summed E-state index contributed by atoms with van der Waals surface area (Å²) in [4.78, 5) is 2.49. The fourth-order valence-electron chi connectivity index (χ4n) is 3.93. The molecule has 0 radical (unpaired) electrons. The van der Waals surface area contributed by atoms with Crippen LogP contribution in [0.2, 0.25) is 0 Å². The molecule has 0 unspecified atom stereocenters. The normalized spacial score (nSPS) is 34.5. The highest BCUT2D eigenvalue weighted by molar-refractivity contribution is 7.90. The van der Waals surface area contributed by atoms with Gasteiger partial charge in [0.25, 0.3) is 0 Å². The van der Waals surface area contributed by atoms with Crippen molar-refractivity contribution in [1.29, 1.82) is 0 Å². The first-order valence-electron chi connectivity index (χ1n) is 7.88. The second kappa shape index (κ2) is 4.41. The molecule has 2 aliphatic heterocycles. The van der Waals surface area contributed by atoms with Gasteiger partial charge in [0.05, 0.1) is 5.25 Å². The Morgan fingerprint density at radius 2 is 1.80 bits per heavy atom. The fourth-order valence-corrected chi connectivity index (χ4v) is 5.93. The maximum atomic E-state index is 12.3. The summed E-state index contributed by atoms with van der Waals surface area (Å²) in [5.41, 5.74) is 0.0396. The lowest BCUT2D eigenvalue weighted by atomic mass is 9.86. The Morgan fingerprint density at radius 3 is 2.35 bits per heavy atom. The zero-order chi connectivity index (χ0) is 14.0. The average molecular weight is 300 g/mol. The molecule has 2 saturated carbocycles. The van der Waals surface area contributed by atoms with E-state index in [0.717, 1.165) is 38.3 Å². The van der Waals surface area contributed by atoms with E-state index in [9.17, 15) is 13.5 Å². The van der Waals surface area contributed by atoms with Crippen LogP contribution in [-0.4, -0.2) is 66.3 Å². The summed E-state index contributed by atoms with van der Waals surface area (Å²) in [5, 5.41) is 9.36. The Kier molecular flexibility index (Phi) is 2.98. The molecule has 1 atom stereocenters. The Bertz CT molecular complexity index is 493. The quantitative estimate of drug-likeness (QED) is 0.791. The van der Waals surface area contributed by atoms with Gasteiger partial charge in [-0.3, -0.25) is 4.90 Å². The van der Waals surface area contributed by atoms with Crippen LogP contribution in [0.5, 0.6) is 0 Å². The van der Waals surface area contributed by atoms with Gasteiger partial charge in [0, 0.05) is 38.3 Å². The fraction of sp³-hybridized carbons (Fsp3) is 1.00. The second-order valence-corrected chi connectivity index (χ2v) is 9.55. The average Bonchev–Trinajstić information content (AvgIpc) is 3.22. The molecular weight excluding hydrogens is 276 g/mol. The number of rotatable bonds is 5. The van der Waals surface area contributed by atoms with Gasteiger partial charge in [0.2, 0.25) is 10.0 Å². The van der Waals surface area contributed by atoms with Crippen LogP contribution in [0.1, 0.15) is 32.1 Å². The van der Waals surface area contributed by atoms with Gasteiger partial charge in [-0.05, 0) is 43.9 Å². The molecule has 0 bridgehead atoms. The van der Waals surface area contributed by atoms with Gasteiger partial charge in [-0.2, -0.15) is 4.31 Å². The van der Waals surface area contributed by atoms with Crippen molar-refractivity contribution in [2.75, 3.05) is 32.8 Å². The molecule has 2 saturated heterocycles. The molecule has 5 nitrogen and oxygen atoms in total. The summed E-state index contributed by atoms with van der Waals surface area (Å²) in [6, 6.07) is 0. The molecule has 0 amide bonds. The molecule has 4 rings (SSSR count). The van der Waals surface area contributed by atoms with Crippen molar-refractivity contribution in [2.45, 2.75) is 42.9 Å². The van der Waals surface area contributed by atoms with Crippen LogP contribution in [0, 0.1) is 11.8 Å². The van der Waals surface area contributed by atoms with Crippen molar-refractivity contribution in [2.24, 2.45) is 11.8 Å². The van der Waals surface area contributed by atoms with Gasteiger partial charge in [-0.25, -0.2) is 8.42 Å². The molecule has 20 heavy (non-hydrogen) atoms. The topological polar surface area (TPSA) is 60.9 Å². The van der Waals surface area contributed by atoms with Gasteiger partial charge in [-0.15, -0.1) is 0 Å². The van der Waals surface area contributed by atoms with Crippen molar-refractivity contribution in [1.82, 2.24) is 9.21 Å². The number of nitrogens with zero attached hydrogens (tertiary/aromatic N) is 2. The first-order valence-corrected chi connectivity index (χ1v) is 9.39. The molecule has 0 aromatic carbocycles. The predicted octanol–water partition coefficient (Wildman–Crippen LogP) is 0.257. The first-order chi connectivity index (χ1) is 9.53. The van der Waals surface area contributed by atoms with Gasteiger partial charge in [0.1, 0.15) is 0 Å². The number of hydrogen-bond donors (Lipinski definition) is 1. The number of likely N-dealkylation sites (tertiary alicyclic amines) is 1. The zero-order valence-corrected chi connectivity index (χ0v) is 12.7. The molecule has 0 aromatic rings. The molecule has 114 valence electrons. The third-order valence-electron chi connectivity index (χ3n) is 5.50. The predicted molar refractivity (Wildman–Crippen MR) is 75.7 cm³/mol. The summed E-state index contributed by atoms with van der Waals surface area (Å²) in [6.45, 7) is 3.61. The molecule has 4 aliphatic rings. The summed E-state index contributed by atoms with van der Waals surface area (Å²) < 4.78 is 26.2. The molecular formula is C14H24N2O3S.